The van der Waals surface area contributed by atoms with Crippen LogP contribution in [0.3, 0.4) is 0 Å². The van der Waals surface area contributed by atoms with Crippen molar-refractivity contribution in [3.8, 4) is 11.5 Å². The van der Waals surface area contributed by atoms with Crippen molar-refractivity contribution in [3.05, 3.63) is 65.6 Å². The maximum atomic E-state index is 11.8. The van der Waals surface area contributed by atoms with Crippen LogP contribution in [0.15, 0.2) is 59.1 Å². The third-order valence-corrected chi connectivity index (χ3v) is 3.06. The fourth-order valence-corrected chi connectivity index (χ4v) is 1.92. The van der Waals surface area contributed by atoms with Gasteiger partial charge in [0.2, 0.25) is 5.89 Å². The molecule has 3 rings (SSSR count). The van der Waals surface area contributed by atoms with Gasteiger partial charge in [-0.15, -0.1) is 5.10 Å². The smallest absolute Gasteiger partial charge is 0.405 e. The number of amides is 1. The molecule has 1 N–H and O–H groups in total. The fourth-order valence-electron chi connectivity index (χ4n) is 1.92. The Morgan fingerprint density at radius 2 is 1.88 bits per heavy atom. The minimum absolute atomic E-state index is 0.126. The van der Waals surface area contributed by atoms with Gasteiger partial charge in [0.1, 0.15) is 0 Å². The van der Waals surface area contributed by atoms with Gasteiger partial charge in [0, 0.05) is 17.7 Å². The molecule has 0 unspecified atom stereocenters. The minimum atomic E-state index is -0.916. The van der Waals surface area contributed by atoms with Crippen molar-refractivity contribution in [2.24, 2.45) is 0 Å². The Bertz CT molecular complexity index is 894. The van der Waals surface area contributed by atoms with Crippen molar-refractivity contribution in [1.82, 2.24) is 10.2 Å². The molecule has 9 nitrogen and oxygen atoms in total. The van der Waals surface area contributed by atoms with E-state index in [9.17, 15) is 14.8 Å². The van der Waals surface area contributed by atoms with Gasteiger partial charge >= 0.3 is 17.7 Å². The van der Waals surface area contributed by atoms with Crippen molar-refractivity contribution < 1.29 is 23.5 Å². The zero-order chi connectivity index (χ0) is 17.6. The summed E-state index contributed by atoms with van der Waals surface area (Å²) in [7, 11) is 0. The van der Waals surface area contributed by atoms with Gasteiger partial charge in [-0.25, -0.2) is 4.79 Å². The van der Waals surface area contributed by atoms with Gasteiger partial charge in [0.25, 0.3) is 5.91 Å². The molecule has 25 heavy (non-hydrogen) atoms. The standard InChI is InChI=1S/C16H12N4O5/c21-13(10-24-15(22)12-8-4-5-9-20(12)23)17-16-19-18-14(25-16)11-6-2-1-3-7-11/h1-9H,10H2,(H,17,19,21). The van der Waals surface area contributed by atoms with Crippen LogP contribution in [0.1, 0.15) is 10.5 Å². The predicted molar refractivity (Wildman–Crippen MR) is 84.0 cm³/mol. The Kier molecular flexibility index (Phi) is 4.65. The fraction of sp³-hybridized carbons (Fsp3) is 0.0625. The first-order chi connectivity index (χ1) is 12.1. The lowest BCUT2D eigenvalue weighted by Gasteiger charge is -2.04. The molecule has 3 aromatic rings. The lowest BCUT2D eigenvalue weighted by Crippen LogP contribution is -2.35. The summed E-state index contributed by atoms with van der Waals surface area (Å²) in [5.41, 5.74) is 0.477. The number of carbonyl (C=O) groups is 2. The van der Waals surface area contributed by atoms with Gasteiger partial charge < -0.3 is 14.4 Å². The second-order valence-corrected chi connectivity index (χ2v) is 4.81. The lowest BCUT2D eigenvalue weighted by atomic mass is 10.2. The van der Waals surface area contributed by atoms with E-state index in [1.165, 1.54) is 18.2 Å². The molecule has 0 bridgehead atoms. The first kappa shape index (κ1) is 16.1. The molecule has 1 amide bonds. The van der Waals surface area contributed by atoms with Crippen LogP contribution in [-0.4, -0.2) is 28.7 Å². The van der Waals surface area contributed by atoms with E-state index in [0.717, 1.165) is 6.20 Å². The number of nitrogens with zero attached hydrogens (tertiary/aromatic N) is 3. The number of nitrogens with one attached hydrogen (secondary N) is 1. The highest BCUT2D eigenvalue weighted by Crippen LogP contribution is 2.18. The highest BCUT2D eigenvalue weighted by molar-refractivity contribution is 5.93. The molecule has 0 spiro atoms. The number of aromatic nitrogens is 3. The molecule has 1 aromatic carbocycles. The molecule has 2 aromatic heterocycles. The summed E-state index contributed by atoms with van der Waals surface area (Å²) in [6, 6.07) is 13.2. The van der Waals surface area contributed by atoms with Crippen LogP contribution in [-0.2, 0) is 9.53 Å². The quantitative estimate of drug-likeness (QED) is 0.420. The summed E-state index contributed by atoms with van der Waals surface area (Å²) in [5, 5.41) is 21.2. The van der Waals surface area contributed by atoms with E-state index in [2.05, 4.69) is 15.5 Å². The zero-order valence-corrected chi connectivity index (χ0v) is 12.8. The maximum Gasteiger partial charge on any atom is 0.405 e. The Morgan fingerprint density at radius 3 is 2.64 bits per heavy atom. The lowest BCUT2D eigenvalue weighted by molar-refractivity contribution is -0.608. The molecule has 0 radical (unpaired) electrons. The van der Waals surface area contributed by atoms with E-state index in [-0.39, 0.29) is 17.6 Å². The van der Waals surface area contributed by atoms with E-state index < -0.39 is 18.5 Å². The van der Waals surface area contributed by atoms with Gasteiger partial charge in [-0.3, -0.25) is 10.1 Å². The number of esters is 1. The largest absolute Gasteiger partial charge is 0.618 e. The number of pyridine rings is 1. The average molecular weight is 340 g/mol. The Morgan fingerprint density at radius 1 is 1.12 bits per heavy atom. The van der Waals surface area contributed by atoms with Crippen molar-refractivity contribution in [2.45, 2.75) is 0 Å². The van der Waals surface area contributed by atoms with Crippen molar-refractivity contribution in [2.75, 3.05) is 11.9 Å². The zero-order valence-electron chi connectivity index (χ0n) is 12.8. The summed E-state index contributed by atoms with van der Waals surface area (Å²) in [4.78, 5) is 23.5. The number of hydrogen-bond donors (Lipinski definition) is 1. The van der Waals surface area contributed by atoms with Crippen LogP contribution in [0.2, 0.25) is 0 Å². The molecule has 0 fully saturated rings. The van der Waals surface area contributed by atoms with Crippen LogP contribution in [0.25, 0.3) is 11.5 Å². The van der Waals surface area contributed by atoms with Gasteiger partial charge in [0.15, 0.2) is 12.8 Å². The Hall–Kier alpha value is -3.75. The number of carbonyl (C=O) groups excluding carboxylic acids is 2. The third-order valence-electron chi connectivity index (χ3n) is 3.06. The van der Waals surface area contributed by atoms with Gasteiger partial charge in [-0.1, -0.05) is 23.3 Å². The van der Waals surface area contributed by atoms with E-state index in [1.807, 2.05) is 18.2 Å². The highest BCUT2D eigenvalue weighted by atomic mass is 16.5. The molecule has 0 aliphatic carbocycles. The molecule has 2 heterocycles. The number of hydrogen-bond acceptors (Lipinski definition) is 7. The molecule has 0 atom stereocenters. The predicted octanol–water partition coefficient (Wildman–Crippen LogP) is 1.17. The molecule has 126 valence electrons. The summed E-state index contributed by atoms with van der Waals surface area (Å²) in [6.07, 6.45) is 1.15. The topological polar surface area (TPSA) is 121 Å². The van der Waals surface area contributed by atoms with E-state index >= 15 is 0 Å². The summed E-state index contributed by atoms with van der Waals surface area (Å²) < 4.78 is 10.4. The molecular formula is C16H12N4O5. The van der Waals surface area contributed by atoms with Crippen molar-refractivity contribution in [1.29, 1.82) is 0 Å². The van der Waals surface area contributed by atoms with E-state index in [0.29, 0.717) is 10.3 Å². The highest BCUT2D eigenvalue weighted by Gasteiger charge is 2.19. The number of anilines is 1. The average Bonchev–Trinajstić information content (AvgIpc) is 3.09. The van der Waals surface area contributed by atoms with Crippen LogP contribution in [0.4, 0.5) is 6.01 Å². The molecule has 0 aliphatic heterocycles. The normalized spacial score (nSPS) is 10.2. The molecule has 0 saturated carbocycles. The molecular weight excluding hydrogens is 328 g/mol. The van der Waals surface area contributed by atoms with Crippen LogP contribution in [0, 0.1) is 5.21 Å². The number of ether oxygens (including phenoxy) is 1. The monoisotopic (exact) mass is 340 g/mol. The number of rotatable bonds is 5. The molecule has 9 heteroatoms. The molecule has 0 aliphatic rings. The maximum absolute atomic E-state index is 11.8. The van der Waals surface area contributed by atoms with Crippen molar-refractivity contribution >= 4 is 17.9 Å². The SMILES string of the molecule is O=C(COC(=O)c1cccc[n+]1[O-])Nc1nnc(-c2ccccc2)o1. The minimum Gasteiger partial charge on any atom is -0.618 e. The van der Waals surface area contributed by atoms with Gasteiger partial charge in [-0.05, 0) is 18.2 Å². The Labute approximate surface area is 141 Å². The molecule has 0 saturated heterocycles. The number of benzene rings is 1. The summed E-state index contributed by atoms with van der Waals surface area (Å²) in [5.74, 6) is -1.35. The summed E-state index contributed by atoms with van der Waals surface area (Å²) in [6.45, 7) is -0.600. The third kappa shape index (κ3) is 3.96. The van der Waals surface area contributed by atoms with Crippen LogP contribution in [0.5, 0.6) is 0 Å². The Balaban J connectivity index is 1.56. The van der Waals surface area contributed by atoms with Crippen LogP contribution < -0.4 is 10.0 Å². The van der Waals surface area contributed by atoms with Gasteiger partial charge in [-0.2, -0.15) is 4.73 Å². The second kappa shape index (κ2) is 7.21. The first-order valence-electron chi connectivity index (χ1n) is 7.17. The van der Waals surface area contributed by atoms with E-state index in [1.54, 1.807) is 12.1 Å². The van der Waals surface area contributed by atoms with Crippen molar-refractivity contribution in [3.63, 3.8) is 0 Å². The second-order valence-electron chi connectivity index (χ2n) is 4.81. The van der Waals surface area contributed by atoms with E-state index in [4.69, 9.17) is 9.15 Å². The van der Waals surface area contributed by atoms with Crippen LogP contribution >= 0.6 is 0 Å². The first-order valence-corrected chi connectivity index (χ1v) is 7.17. The van der Waals surface area contributed by atoms with Gasteiger partial charge in [0.05, 0.1) is 0 Å². The summed E-state index contributed by atoms with van der Waals surface area (Å²) >= 11 is 0.